The Morgan fingerprint density at radius 2 is 1.67 bits per heavy atom. The highest BCUT2D eigenvalue weighted by molar-refractivity contribution is 5.73. The van der Waals surface area contributed by atoms with E-state index in [0.717, 1.165) is 5.75 Å². The number of carbonyl (C=O) groups excluding carboxylic acids is 1. The first kappa shape index (κ1) is 19.8. The van der Waals surface area contributed by atoms with Crippen LogP contribution in [0, 0.1) is 10.1 Å². The summed E-state index contributed by atoms with van der Waals surface area (Å²) < 4.78 is 10.6. The van der Waals surface area contributed by atoms with Crippen molar-refractivity contribution in [3.63, 3.8) is 0 Å². The lowest BCUT2D eigenvalue weighted by Gasteiger charge is -2.10. The van der Waals surface area contributed by atoms with Crippen LogP contribution in [0.4, 0.5) is 16.2 Å². The molecule has 0 atom stereocenters. The summed E-state index contributed by atoms with van der Waals surface area (Å²) >= 11 is 0. The second-order valence-corrected chi connectivity index (χ2v) is 5.41. The van der Waals surface area contributed by atoms with Gasteiger partial charge in [0.25, 0.3) is 5.69 Å². The van der Waals surface area contributed by atoms with Gasteiger partial charge in [0, 0.05) is 19.2 Å². The summed E-state index contributed by atoms with van der Waals surface area (Å²) in [5.41, 5.74) is 0.412. The van der Waals surface area contributed by atoms with E-state index >= 15 is 0 Å². The third-order valence-corrected chi connectivity index (χ3v) is 3.54. The highest BCUT2D eigenvalue weighted by Crippen LogP contribution is 2.22. The van der Waals surface area contributed by atoms with Crippen LogP contribution in [0.2, 0.25) is 0 Å². The number of amides is 2. The summed E-state index contributed by atoms with van der Waals surface area (Å²) in [7, 11) is 1.59. The Balaban J connectivity index is 1.59. The number of nitro benzene ring substituents is 1. The molecule has 0 saturated carbocycles. The van der Waals surface area contributed by atoms with Crippen LogP contribution in [0.5, 0.6) is 11.5 Å². The molecule has 0 bridgehead atoms. The molecule has 0 heterocycles. The van der Waals surface area contributed by atoms with Crippen molar-refractivity contribution in [3.05, 3.63) is 58.6 Å². The SMILES string of the molecule is COc1ccc(OCCNC(=O)NCCNc2ccccc2[N+](=O)[O-])cc1. The summed E-state index contributed by atoms with van der Waals surface area (Å²) in [6, 6.07) is 13.2. The molecule has 0 aliphatic carbocycles. The van der Waals surface area contributed by atoms with Crippen molar-refractivity contribution in [3.8, 4) is 11.5 Å². The zero-order valence-corrected chi connectivity index (χ0v) is 14.9. The summed E-state index contributed by atoms with van der Waals surface area (Å²) in [6.07, 6.45) is 0. The smallest absolute Gasteiger partial charge is 0.314 e. The van der Waals surface area contributed by atoms with Crippen molar-refractivity contribution in [2.75, 3.05) is 38.7 Å². The number of hydrogen-bond donors (Lipinski definition) is 3. The van der Waals surface area contributed by atoms with Crippen molar-refractivity contribution in [1.29, 1.82) is 0 Å². The van der Waals surface area contributed by atoms with Gasteiger partial charge in [-0.1, -0.05) is 12.1 Å². The average molecular weight is 374 g/mol. The number of methoxy groups -OCH3 is 1. The monoisotopic (exact) mass is 374 g/mol. The number of benzene rings is 2. The van der Waals surface area contributed by atoms with Gasteiger partial charge in [0.15, 0.2) is 0 Å². The summed E-state index contributed by atoms with van der Waals surface area (Å²) in [6.45, 7) is 1.35. The standard InChI is InChI=1S/C18H22N4O5/c1-26-14-6-8-15(9-7-14)27-13-12-21-18(23)20-11-10-19-16-4-2-3-5-17(16)22(24)25/h2-9,19H,10-13H2,1H3,(H2,20,21,23). The number of rotatable bonds is 10. The normalized spacial score (nSPS) is 9.96. The van der Waals surface area contributed by atoms with E-state index in [9.17, 15) is 14.9 Å². The van der Waals surface area contributed by atoms with Gasteiger partial charge in [-0.25, -0.2) is 4.79 Å². The third kappa shape index (κ3) is 6.73. The van der Waals surface area contributed by atoms with Crippen LogP contribution in [0.25, 0.3) is 0 Å². The first-order valence-electron chi connectivity index (χ1n) is 8.36. The Hall–Kier alpha value is -3.49. The van der Waals surface area contributed by atoms with Crippen LogP contribution in [0.3, 0.4) is 0 Å². The van der Waals surface area contributed by atoms with Gasteiger partial charge in [0.2, 0.25) is 0 Å². The number of nitrogens with one attached hydrogen (secondary N) is 3. The molecule has 0 spiro atoms. The summed E-state index contributed by atoms with van der Waals surface area (Å²) in [5.74, 6) is 1.43. The third-order valence-electron chi connectivity index (χ3n) is 3.54. The lowest BCUT2D eigenvalue weighted by molar-refractivity contribution is -0.384. The molecule has 144 valence electrons. The van der Waals surface area contributed by atoms with Gasteiger partial charge in [-0.2, -0.15) is 0 Å². The van der Waals surface area contributed by atoms with Crippen LogP contribution < -0.4 is 25.4 Å². The maximum atomic E-state index is 11.7. The molecule has 0 fully saturated rings. The van der Waals surface area contributed by atoms with Crippen molar-refractivity contribution >= 4 is 17.4 Å². The molecule has 0 aromatic heterocycles. The Morgan fingerprint density at radius 1 is 1.00 bits per heavy atom. The van der Waals surface area contributed by atoms with Gasteiger partial charge in [0.1, 0.15) is 23.8 Å². The maximum absolute atomic E-state index is 11.7. The fourth-order valence-corrected chi connectivity index (χ4v) is 2.22. The maximum Gasteiger partial charge on any atom is 0.314 e. The molecule has 2 aromatic rings. The molecular formula is C18H22N4O5. The van der Waals surface area contributed by atoms with E-state index in [1.165, 1.54) is 6.07 Å². The molecule has 0 aliphatic rings. The lowest BCUT2D eigenvalue weighted by Crippen LogP contribution is -2.39. The molecule has 0 saturated heterocycles. The number of nitro groups is 1. The molecule has 3 N–H and O–H groups in total. The predicted molar refractivity (Wildman–Crippen MR) is 101 cm³/mol. The van der Waals surface area contributed by atoms with Crippen LogP contribution >= 0.6 is 0 Å². The Bertz CT molecular complexity index is 752. The highest BCUT2D eigenvalue weighted by Gasteiger charge is 2.11. The number of urea groups is 1. The number of ether oxygens (including phenoxy) is 2. The van der Waals surface area contributed by atoms with Crippen molar-refractivity contribution in [2.45, 2.75) is 0 Å². The Labute approximate surface area is 156 Å². The zero-order chi connectivity index (χ0) is 19.5. The first-order valence-corrected chi connectivity index (χ1v) is 8.36. The first-order chi connectivity index (χ1) is 13.1. The molecule has 0 unspecified atom stereocenters. The molecule has 27 heavy (non-hydrogen) atoms. The van der Waals surface area contributed by atoms with Gasteiger partial charge < -0.3 is 25.4 Å². The van der Waals surface area contributed by atoms with Crippen LogP contribution in [0.15, 0.2) is 48.5 Å². The zero-order valence-electron chi connectivity index (χ0n) is 14.9. The van der Waals surface area contributed by atoms with Crippen molar-refractivity contribution < 1.29 is 19.2 Å². The second kappa shape index (κ2) is 10.5. The Morgan fingerprint density at radius 3 is 2.37 bits per heavy atom. The van der Waals surface area contributed by atoms with Crippen molar-refractivity contribution in [2.24, 2.45) is 0 Å². The average Bonchev–Trinajstić information content (AvgIpc) is 2.69. The van der Waals surface area contributed by atoms with Gasteiger partial charge in [-0.05, 0) is 30.3 Å². The van der Waals surface area contributed by atoms with E-state index in [-0.39, 0.29) is 11.7 Å². The van der Waals surface area contributed by atoms with Gasteiger partial charge in [-0.3, -0.25) is 10.1 Å². The van der Waals surface area contributed by atoms with Crippen LogP contribution in [-0.2, 0) is 0 Å². The quantitative estimate of drug-likeness (QED) is 0.334. The fourth-order valence-electron chi connectivity index (χ4n) is 2.22. The molecule has 2 aromatic carbocycles. The van der Waals surface area contributed by atoms with Crippen LogP contribution in [-0.4, -0.2) is 44.3 Å². The van der Waals surface area contributed by atoms with Gasteiger partial charge in [0.05, 0.1) is 18.6 Å². The summed E-state index contributed by atoms with van der Waals surface area (Å²) in [5, 5.41) is 19.2. The molecule has 9 nitrogen and oxygen atoms in total. The molecule has 2 amide bonds. The van der Waals surface area contributed by atoms with Gasteiger partial charge >= 0.3 is 6.03 Å². The molecule has 0 radical (unpaired) electrons. The van der Waals surface area contributed by atoms with Crippen molar-refractivity contribution in [1.82, 2.24) is 10.6 Å². The minimum atomic E-state index is -0.453. The number of anilines is 1. The van der Waals surface area contributed by atoms with Crippen LogP contribution in [0.1, 0.15) is 0 Å². The lowest BCUT2D eigenvalue weighted by atomic mass is 10.2. The fraction of sp³-hybridized carbons (Fsp3) is 0.278. The topological polar surface area (TPSA) is 115 Å². The number of para-hydroxylation sites is 2. The minimum absolute atomic E-state index is 0.00219. The number of nitrogens with zero attached hydrogens (tertiary/aromatic N) is 1. The van der Waals surface area contributed by atoms with E-state index in [0.29, 0.717) is 37.7 Å². The molecule has 0 aliphatic heterocycles. The van der Waals surface area contributed by atoms with Gasteiger partial charge in [-0.15, -0.1) is 0 Å². The summed E-state index contributed by atoms with van der Waals surface area (Å²) in [4.78, 5) is 22.2. The Kier molecular flexibility index (Phi) is 7.70. The van der Waals surface area contributed by atoms with E-state index in [1.54, 1.807) is 49.6 Å². The number of hydrogen-bond acceptors (Lipinski definition) is 6. The highest BCUT2D eigenvalue weighted by atomic mass is 16.6. The second-order valence-electron chi connectivity index (χ2n) is 5.41. The molecule has 2 rings (SSSR count). The van der Waals surface area contributed by atoms with E-state index in [1.807, 2.05) is 0 Å². The molecule has 9 heteroatoms. The number of carbonyl (C=O) groups is 1. The van der Waals surface area contributed by atoms with E-state index in [2.05, 4.69) is 16.0 Å². The van der Waals surface area contributed by atoms with E-state index in [4.69, 9.17) is 9.47 Å². The predicted octanol–water partition coefficient (Wildman–Crippen LogP) is 2.39. The molecular weight excluding hydrogens is 352 g/mol. The minimum Gasteiger partial charge on any atom is -0.497 e. The largest absolute Gasteiger partial charge is 0.497 e. The van der Waals surface area contributed by atoms with E-state index < -0.39 is 4.92 Å².